The first-order chi connectivity index (χ1) is 20.9. The predicted octanol–water partition coefficient (Wildman–Crippen LogP) is 4.57. The molecule has 44 heavy (non-hydrogen) atoms. The summed E-state index contributed by atoms with van der Waals surface area (Å²) in [5, 5.41) is 12.3. The molecule has 6 rings (SSSR count). The number of pyridine rings is 2. The molecule has 1 aliphatic heterocycles. The second-order valence-electron chi connectivity index (χ2n) is 12.8. The molecule has 2 aliphatic carbocycles. The third-order valence-corrected chi connectivity index (χ3v) is 9.92. The monoisotopic (exact) mass is 600 g/mol. The summed E-state index contributed by atoms with van der Waals surface area (Å²) in [6.45, 7) is 7.20. The Balaban J connectivity index is 1.47. The maximum absolute atomic E-state index is 13.6. The lowest BCUT2D eigenvalue weighted by atomic mass is 9.47. The van der Waals surface area contributed by atoms with E-state index in [2.05, 4.69) is 9.97 Å². The number of nitrogens with zero attached hydrogens (tertiary/aromatic N) is 2. The van der Waals surface area contributed by atoms with Crippen LogP contribution < -0.4 is 0 Å². The molecule has 3 heterocycles. The zero-order chi connectivity index (χ0) is 31.3. The second kappa shape index (κ2) is 10.8. The first-order valence-electron chi connectivity index (χ1n) is 14.8. The molecule has 10 nitrogen and oxygen atoms in total. The Hall–Kier alpha value is -4.15. The van der Waals surface area contributed by atoms with Crippen LogP contribution in [-0.2, 0) is 18.9 Å². The van der Waals surface area contributed by atoms with Crippen LogP contribution in [-0.4, -0.2) is 68.1 Å². The Labute approximate surface area is 255 Å². The van der Waals surface area contributed by atoms with Crippen LogP contribution in [0.5, 0.6) is 0 Å². The smallest absolute Gasteiger partial charge is 0.339 e. The molecule has 0 radical (unpaired) electrons. The lowest BCUT2D eigenvalue weighted by Crippen LogP contribution is -2.79. The van der Waals surface area contributed by atoms with Crippen molar-refractivity contribution in [3.05, 3.63) is 96.1 Å². The first kappa shape index (κ1) is 29.9. The summed E-state index contributed by atoms with van der Waals surface area (Å²) in [7, 11) is 0. The number of carbonyl (C=O) groups excluding carboxylic acids is 3. The van der Waals surface area contributed by atoms with E-state index in [-0.39, 0.29) is 30.4 Å². The van der Waals surface area contributed by atoms with Gasteiger partial charge in [-0.3, -0.25) is 9.97 Å². The van der Waals surface area contributed by atoms with Crippen LogP contribution in [0.3, 0.4) is 0 Å². The van der Waals surface area contributed by atoms with Crippen molar-refractivity contribution in [1.29, 1.82) is 0 Å². The number of fused-ring (bicyclic) bond motifs is 1. The van der Waals surface area contributed by atoms with Gasteiger partial charge in [-0.1, -0.05) is 18.2 Å². The first-order valence-corrected chi connectivity index (χ1v) is 14.8. The molecule has 1 spiro atoms. The number of carbonyl (C=O) groups is 3. The number of esters is 3. The van der Waals surface area contributed by atoms with Gasteiger partial charge < -0.3 is 24.1 Å². The van der Waals surface area contributed by atoms with E-state index >= 15 is 0 Å². The van der Waals surface area contributed by atoms with E-state index in [0.29, 0.717) is 5.56 Å². The van der Waals surface area contributed by atoms with Gasteiger partial charge in [0.1, 0.15) is 23.9 Å². The van der Waals surface area contributed by atoms with Crippen LogP contribution in [0.4, 0.5) is 0 Å². The Morgan fingerprint density at radius 1 is 0.773 bits per heavy atom. The van der Waals surface area contributed by atoms with Crippen molar-refractivity contribution in [1.82, 2.24) is 9.97 Å². The molecule has 3 aromatic rings. The van der Waals surface area contributed by atoms with E-state index in [1.807, 2.05) is 13.8 Å². The van der Waals surface area contributed by atoms with E-state index in [4.69, 9.17) is 18.9 Å². The van der Waals surface area contributed by atoms with Crippen molar-refractivity contribution in [2.45, 2.75) is 82.1 Å². The fraction of sp³-hybridized carbons (Fsp3) is 0.441. The lowest BCUT2D eigenvalue weighted by Gasteiger charge is -2.64. The topological polar surface area (TPSA) is 134 Å². The van der Waals surface area contributed by atoms with Crippen molar-refractivity contribution in [2.75, 3.05) is 0 Å². The molecule has 10 heteroatoms. The zero-order valence-electron chi connectivity index (χ0n) is 25.1. The normalized spacial score (nSPS) is 33.5. The van der Waals surface area contributed by atoms with Gasteiger partial charge in [-0.15, -0.1) is 0 Å². The van der Waals surface area contributed by atoms with Crippen LogP contribution >= 0.6 is 0 Å². The fourth-order valence-corrected chi connectivity index (χ4v) is 7.71. The van der Waals surface area contributed by atoms with Crippen molar-refractivity contribution in [2.24, 2.45) is 11.3 Å². The Morgan fingerprint density at radius 3 is 1.89 bits per heavy atom. The summed E-state index contributed by atoms with van der Waals surface area (Å²) in [5.41, 5.74) is -4.64. The number of aliphatic hydroxyl groups is 1. The van der Waals surface area contributed by atoms with Gasteiger partial charge >= 0.3 is 17.9 Å². The molecule has 0 amide bonds. The molecule has 2 bridgehead atoms. The Kier molecular flexibility index (Phi) is 7.33. The summed E-state index contributed by atoms with van der Waals surface area (Å²) < 4.78 is 25.7. The van der Waals surface area contributed by atoms with E-state index in [0.717, 1.165) is 0 Å². The average Bonchev–Trinajstić information content (AvgIpc) is 3.20. The summed E-state index contributed by atoms with van der Waals surface area (Å²) in [6.07, 6.45) is 3.82. The van der Waals surface area contributed by atoms with Gasteiger partial charge in [0, 0.05) is 30.7 Å². The number of rotatable bonds is 6. The summed E-state index contributed by atoms with van der Waals surface area (Å²) in [5.74, 6) is -2.27. The van der Waals surface area contributed by atoms with Crippen LogP contribution in [0.1, 0.15) is 78.0 Å². The Morgan fingerprint density at radius 2 is 1.32 bits per heavy atom. The van der Waals surface area contributed by atoms with Gasteiger partial charge in [-0.2, -0.15) is 0 Å². The molecule has 0 unspecified atom stereocenters. The number of hydrogen-bond acceptors (Lipinski definition) is 10. The molecule has 2 saturated carbocycles. The second-order valence-corrected chi connectivity index (χ2v) is 12.8. The Bertz CT molecular complexity index is 1550. The minimum atomic E-state index is -1.63. The molecular weight excluding hydrogens is 564 g/mol. The van der Waals surface area contributed by atoms with Crippen LogP contribution in [0.15, 0.2) is 79.4 Å². The van der Waals surface area contributed by atoms with Crippen molar-refractivity contribution in [3.63, 3.8) is 0 Å². The largest absolute Gasteiger partial charge is 0.458 e. The van der Waals surface area contributed by atoms with Gasteiger partial charge in [0.2, 0.25) is 0 Å². The molecular formula is C34H36N2O8. The van der Waals surface area contributed by atoms with E-state index in [1.54, 1.807) is 80.8 Å². The lowest BCUT2D eigenvalue weighted by molar-refractivity contribution is -0.324. The van der Waals surface area contributed by atoms with Crippen molar-refractivity contribution >= 4 is 17.9 Å². The van der Waals surface area contributed by atoms with Gasteiger partial charge in [-0.25, -0.2) is 14.4 Å². The summed E-state index contributed by atoms with van der Waals surface area (Å²) >= 11 is 0. The molecule has 7 atom stereocenters. The quantitative estimate of drug-likeness (QED) is 0.317. The highest BCUT2D eigenvalue weighted by molar-refractivity contribution is 5.90. The highest BCUT2D eigenvalue weighted by atomic mass is 16.6. The fourth-order valence-electron chi connectivity index (χ4n) is 7.71. The molecule has 2 aromatic heterocycles. The maximum Gasteiger partial charge on any atom is 0.339 e. The average molecular weight is 601 g/mol. The van der Waals surface area contributed by atoms with Gasteiger partial charge in [-0.05, 0) is 83.4 Å². The molecule has 3 aliphatic rings. The van der Waals surface area contributed by atoms with E-state index in [9.17, 15) is 19.5 Å². The van der Waals surface area contributed by atoms with Gasteiger partial charge in [0.05, 0.1) is 33.3 Å². The maximum atomic E-state index is 13.6. The number of hydrogen-bond donors (Lipinski definition) is 1. The molecule has 3 fully saturated rings. The highest BCUT2D eigenvalue weighted by Gasteiger charge is 2.82. The molecule has 1 N–H and O–H groups in total. The minimum absolute atomic E-state index is 0.166. The summed E-state index contributed by atoms with van der Waals surface area (Å²) in [6, 6.07) is 15.1. The summed E-state index contributed by atoms with van der Waals surface area (Å²) in [4.78, 5) is 48.6. The van der Waals surface area contributed by atoms with Crippen LogP contribution in [0, 0.1) is 11.3 Å². The van der Waals surface area contributed by atoms with Crippen molar-refractivity contribution in [3.8, 4) is 0 Å². The van der Waals surface area contributed by atoms with Crippen molar-refractivity contribution < 1.29 is 38.4 Å². The van der Waals surface area contributed by atoms with Gasteiger partial charge in [0.25, 0.3) is 0 Å². The van der Waals surface area contributed by atoms with Gasteiger partial charge in [0.15, 0.2) is 0 Å². The molecule has 1 saturated heterocycles. The SMILES string of the molecule is CC1(C)O[C@@]23[C@H](OC(=O)c4ccccc4)[C@H]1C[C@H](OC(=O)c1cccnc1)[C@@]2(C)[C@@H](OC(=O)c1cccnc1)CC[C@@]3(C)O. The highest BCUT2D eigenvalue weighted by Crippen LogP contribution is 2.68. The predicted molar refractivity (Wildman–Crippen MR) is 156 cm³/mol. The third kappa shape index (κ3) is 4.59. The minimum Gasteiger partial charge on any atom is -0.458 e. The number of benzene rings is 1. The van der Waals surface area contributed by atoms with E-state index in [1.165, 1.54) is 12.4 Å². The molecule has 230 valence electrons. The van der Waals surface area contributed by atoms with E-state index < -0.39 is 64.4 Å². The molecule has 1 aromatic carbocycles. The number of ether oxygens (including phenoxy) is 4. The van der Waals surface area contributed by atoms with Crippen LogP contribution in [0.2, 0.25) is 0 Å². The van der Waals surface area contributed by atoms with Crippen LogP contribution in [0.25, 0.3) is 0 Å². The number of aromatic nitrogens is 2. The third-order valence-electron chi connectivity index (χ3n) is 9.92. The standard InChI is InChI=1S/C34H36N2O8/c1-31(2)24-18-26(42-30(39)23-13-9-17-36-20-23)33(4)25(41-29(38)22-12-8-16-35-19-22)14-15-32(3,40)34(33,44-31)27(24)43-28(37)21-10-6-5-7-11-21/h5-13,16-17,19-20,24-27,40H,14-15,18H2,1-4H3/t24-,25+,26+,27-,32-,33-,34-/m1/s1. The zero-order valence-corrected chi connectivity index (χ0v) is 25.1.